The molecule has 0 amide bonds. The number of aryl methyl sites for hydroxylation is 1. The van der Waals surface area contributed by atoms with E-state index >= 15 is 0 Å². The maximum atomic E-state index is 10.6. The summed E-state index contributed by atoms with van der Waals surface area (Å²) in [4.78, 5) is 35.0. The number of carbonyl (C=O) groups is 2. The first-order valence-corrected chi connectivity index (χ1v) is 11.9. The van der Waals surface area contributed by atoms with Crippen LogP contribution in [0.1, 0.15) is 24.0 Å². The summed E-state index contributed by atoms with van der Waals surface area (Å²) < 4.78 is 75.8. The number of ether oxygens (including phenoxy) is 2. The molecule has 228 valence electrons. The lowest BCUT2D eigenvalue weighted by atomic mass is 9.84. The van der Waals surface area contributed by atoms with Crippen LogP contribution in [-0.2, 0) is 25.7 Å². The third-order valence-electron chi connectivity index (χ3n) is 5.73. The molecule has 2 aromatic rings. The minimum absolute atomic E-state index is 0.114. The molecule has 0 aliphatic carbocycles. The van der Waals surface area contributed by atoms with Gasteiger partial charge in [0.2, 0.25) is 0 Å². The van der Waals surface area contributed by atoms with E-state index in [1.54, 1.807) is 6.33 Å². The Balaban J connectivity index is 0.000000349. The molecule has 2 aliphatic heterocycles. The van der Waals surface area contributed by atoms with Gasteiger partial charge in [0, 0.05) is 45.6 Å². The molecule has 1 unspecified atom stereocenters. The minimum Gasteiger partial charge on any atom is -0.475 e. The van der Waals surface area contributed by atoms with E-state index in [2.05, 4.69) is 32.8 Å². The van der Waals surface area contributed by atoms with Crippen LogP contribution in [0.5, 0.6) is 0 Å². The Morgan fingerprint density at radius 1 is 1.07 bits per heavy atom. The fourth-order valence-electron chi connectivity index (χ4n) is 3.82. The average Bonchev–Trinajstić information content (AvgIpc) is 2.86. The molecule has 1 atom stereocenters. The molecule has 2 aliphatic rings. The van der Waals surface area contributed by atoms with Crippen LogP contribution in [0.15, 0.2) is 30.9 Å². The van der Waals surface area contributed by atoms with Gasteiger partial charge in [-0.3, -0.25) is 4.98 Å². The topological polar surface area (TPSA) is 138 Å². The molecule has 2 saturated heterocycles. The fraction of sp³-hybridized carbons (Fsp3) is 0.542. The maximum absolute atomic E-state index is 10.6. The summed E-state index contributed by atoms with van der Waals surface area (Å²) in [6.45, 7) is 5.11. The minimum atomic E-state index is -5.08. The summed E-state index contributed by atoms with van der Waals surface area (Å²) in [5.41, 5.74) is 2.18. The number of anilines is 2. The van der Waals surface area contributed by atoms with Gasteiger partial charge in [0.15, 0.2) is 0 Å². The molecule has 2 aromatic heterocycles. The Kier molecular flexibility index (Phi) is 11.2. The van der Waals surface area contributed by atoms with Crippen LogP contribution in [0.25, 0.3) is 0 Å². The highest BCUT2D eigenvalue weighted by Crippen LogP contribution is 2.38. The van der Waals surface area contributed by atoms with Gasteiger partial charge in [0.1, 0.15) is 23.6 Å². The van der Waals surface area contributed by atoms with Crippen molar-refractivity contribution < 1.29 is 55.6 Å². The quantitative estimate of drug-likeness (QED) is 0.490. The SMILES string of the molecule is Cc1cncc(COC2CCOC3(C2)CN(c2cc(N(C)C)ncn2)C3)c1.O=C(O)C(F)(F)F.O=C(O)C(F)(F)F. The normalized spacial score (nSPS) is 17.8. The first-order valence-electron chi connectivity index (χ1n) is 11.9. The Morgan fingerprint density at radius 2 is 1.66 bits per heavy atom. The summed E-state index contributed by atoms with van der Waals surface area (Å²) >= 11 is 0. The van der Waals surface area contributed by atoms with Crippen molar-refractivity contribution in [3.8, 4) is 0 Å². The zero-order valence-electron chi connectivity index (χ0n) is 22.2. The third-order valence-corrected chi connectivity index (χ3v) is 5.73. The lowest BCUT2D eigenvalue weighted by Crippen LogP contribution is -2.66. The van der Waals surface area contributed by atoms with Crippen molar-refractivity contribution in [3.05, 3.63) is 42.0 Å². The van der Waals surface area contributed by atoms with E-state index < -0.39 is 24.3 Å². The van der Waals surface area contributed by atoms with Crippen LogP contribution in [-0.4, -0.2) is 95.0 Å². The number of halogens is 6. The number of carboxylic acids is 2. The van der Waals surface area contributed by atoms with E-state index in [4.69, 9.17) is 29.3 Å². The first kappa shape index (κ1) is 33.5. The van der Waals surface area contributed by atoms with E-state index in [0.717, 1.165) is 55.3 Å². The van der Waals surface area contributed by atoms with Gasteiger partial charge in [-0.05, 0) is 24.5 Å². The number of pyridine rings is 1. The zero-order valence-corrected chi connectivity index (χ0v) is 22.2. The van der Waals surface area contributed by atoms with Crippen LogP contribution >= 0.6 is 0 Å². The van der Waals surface area contributed by atoms with Crippen LogP contribution in [0, 0.1) is 6.92 Å². The molecule has 0 radical (unpaired) electrons. The zero-order chi connectivity index (χ0) is 31.0. The first-order chi connectivity index (χ1) is 18.9. The lowest BCUT2D eigenvalue weighted by Gasteiger charge is -2.53. The van der Waals surface area contributed by atoms with Gasteiger partial charge in [-0.15, -0.1) is 0 Å². The second kappa shape index (κ2) is 13.8. The van der Waals surface area contributed by atoms with Gasteiger partial charge >= 0.3 is 24.3 Å². The highest BCUT2D eigenvalue weighted by molar-refractivity contribution is 5.73. The summed E-state index contributed by atoms with van der Waals surface area (Å²) in [5.74, 6) is -3.64. The molecule has 4 heterocycles. The fourth-order valence-corrected chi connectivity index (χ4v) is 3.82. The molecule has 11 nitrogen and oxygen atoms in total. The smallest absolute Gasteiger partial charge is 0.475 e. The van der Waals surface area contributed by atoms with Crippen molar-refractivity contribution in [2.24, 2.45) is 0 Å². The van der Waals surface area contributed by atoms with Crippen LogP contribution in [0.2, 0.25) is 0 Å². The maximum Gasteiger partial charge on any atom is 0.490 e. The predicted molar refractivity (Wildman–Crippen MR) is 131 cm³/mol. The predicted octanol–water partition coefficient (Wildman–Crippen LogP) is 3.47. The number of alkyl halides is 6. The number of hydrogen-bond donors (Lipinski definition) is 2. The number of carboxylic acid groups (broad SMARTS) is 2. The number of aromatic nitrogens is 3. The molecule has 4 rings (SSSR count). The van der Waals surface area contributed by atoms with Crippen molar-refractivity contribution in [2.45, 2.75) is 50.4 Å². The van der Waals surface area contributed by atoms with Crippen molar-refractivity contribution in [3.63, 3.8) is 0 Å². The number of hydrogen-bond acceptors (Lipinski definition) is 9. The van der Waals surface area contributed by atoms with Crippen molar-refractivity contribution in [1.29, 1.82) is 0 Å². The average molecular weight is 598 g/mol. The van der Waals surface area contributed by atoms with E-state index in [1.165, 1.54) is 0 Å². The van der Waals surface area contributed by atoms with Crippen LogP contribution in [0.3, 0.4) is 0 Å². The Morgan fingerprint density at radius 3 is 2.17 bits per heavy atom. The molecule has 1 spiro atoms. The van der Waals surface area contributed by atoms with E-state index in [-0.39, 0.29) is 11.7 Å². The summed E-state index contributed by atoms with van der Waals surface area (Å²) in [7, 11) is 3.97. The van der Waals surface area contributed by atoms with Gasteiger partial charge in [-0.25, -0.2) is 19.6 Å². The van der Waals surface area contributed by atoms with Crippen molar-refractivity contribution in [2.75, 3.05) is 43.6 Å². The summed E-state index contributed by atoms with van der Waals surface area (Å²) in [6, 6.07) is 4.15. The Bertz CT molecular complexity index is 1150. The van der Waals surface area contributed by atoms with E-state index in [0.29, 0.717) is 6.61 Å². The second-order valence-corrected chi connectivity index (χ2v) is 9.42. The van der Waals surface area contributed by atoms with Crippen LogP contribution < -0.4 is 9.80 Å². The molecule has 2 fully saturated rings. The van der Waals surface area contributed by atoms with E-state index in [9.17, 15) is 26.3 Å². The van der Waals surface area contributed by atoms with Gasteiger partial charge in [-0.2, -0.15) is 26.3 Å². The Labute approximate surface area is 230 Å². The monoisotopic (exact) mass is 597 g/mol. The number of nitrogens with zero attached hydrogens (tertiary/aromatic N) is 5. The molecule has 41 heavy (non-hydrogen) atoms. The lowest BCUT2D eigenvalue weighted by molar-refractivity contribution is -0.193. The molecule has 0 aromatic carbocycles. The second-order valence-electron chi connectivity index (χ2n) is 9.42. The summed E-state index contributed by atoms with van der Waals surface area (Å²) in [5, 5.41) is 14.2. The largest absolute Gasteiger partial charge is 0.490 e. The van der Waals surface area contributed by atoms with Gasteiger partial charge in [0.05, 0.1) is 25.8 Å². The highest BCUT2D eigenvalue weighted by atomic mass is 19.4. The molecular weight excluding hydrogens is 568 g/mol. The molecule has 17 heteroatoms. The Hall–Kier alpha value is -3.73. The number of rotatable bonds is 5. The number of aliphatic carboxylic acids is 2. The van der Waals surface area contributed by atoms with Crippen molar-refractivity contribution in [1.82, 2.24) is 15.0 Å². The van der Waals surface area contributed by atoms with Crippen LogP contribution in [0.4, 0.5) is 38.0 Å². The van der Waals surface area contributed by atoms with Crippen molar-refractivity contribution >= 4 is 23.6 Å². The molecule has 0 saturated carbocycles. The van der Waals surface area contributed by atoms with E-state index in [1.807, 2.05) is 37.5 Å². The third kappa shape index (κ3) is 10.6. The summed E-state index contributed by atoms with van der Waals surface area (Å²) in [6.07, 6.45) is -2.70. The standard InChI is InChI=1S/C20H27N5O2.2C2HF3O2/c1-15-6-16(10-21-9-15)11-26-17-4-5-27-20(8-17)12-25(13-20)19-7-18(24(2)3)22-14-23-19;2*3-2(4,5)1(6)7/h6-7,9-10,14,17H,4-5,8,11-13H2,1-3H3;2*(H,6,7). The molecular formula is C24H29F6N5O6. The van der Waals surface area contributed by atoms with Gasteiger partial charge < -0.3 is 29.5 Å². The van der Waals surface area contributed by atoms with Gasteiger partial charge in [0.25, 0.3) is 0 Å². The molecule has 2 N–H and O–H groups in total. The molecule has 0 bridgehead atoms. The highest BCUT2D eigenvalue weighted by Gasteiger charge is 2.48. The van der Waals surface area contributed by atoms with Gasteiger partial charge in [-0.1, -0.05) is 6.07 Å².